The summed E-state index contributed by atoms with van der Waals surface area (Å²) in [7, 11) is -5.56. The molecule has 0 bridgehead atoms. The van der Waals surface area contributed by atoms with Crippen molar-refractivity contribution < 1.29 is 30.8 Å². The Bertz CT molecular complexity index is 1510. The average Bonchev–Trinajstić information content (AvgIpc) is 3.19. The first kappa shape index (κ1) is 27.3. The van der Waals surface area contributed by atoms with E-state index < -0.39 is 27.9 Å². The number of pyridine rings is 1. The number of imidazole rings is 1. The molecule has 1 aliphatic heterocycles. The van der Waals surface area contributed by atoms with E-state index in [0.717, 1.165) is 5.01 Å². The first-order chi connectivity index (χ1) is 17.3. The molecular formula is C22H19BrClF4N5O3S. The maximum Gasteiger partial charge on any atom is 0.516 e. The van der Waals surface area contributed by atoms with Crippen molar-refractivity contribution in [1.29, 1.82) is 0 Å². The second-order valence-electron chi connectivity index (χ2n) is 8.08. The van der Waals surface area contributed by atoms with Crippen LogP contribution in [0.5, 0.6) is 0 Å². The second kappa shape index (κ2) is 10.2. The quantitative estimate of drug-likeness (QED) is 0.267. The third kappa shape index (κ3) is 5.32. The molecule has 2 aromatic heterocycles. The van der Waals surface area contributed by atoms with Crippen LogP contribution in [0.4, 0.5) is 23.2 Å². The van der Waals surface area contributed by atoms with Crippen LogP contribution >= 0.6 is 27.5 Å². The van der Waals surface area contributed by atoms with Crippen LogP contribution in [-0.2, 0) is 22.9 Å². The number of nitrogens with zero attached hydrogens (tertiary/aromatic N) is 5. The van der Waals surface area contributed by atoms with Crippen molar-refractivity contribution in [3.05, 3.63) is 62.7 Å². The minimum absolute atomic E-state index is 0.0364. The zero-order valence-electron chi connectivity index (χ0n) is 19.1. The lowest BCUT2D eigenvalue weighted by Gasteiger charge is -2.29. The highest BCUT2D eigenvalue weighted by Crippen LogP contribution is 2.29. The van der Waals surface area contributed by atoms with Crippen LogP contribution in [0.25, 0.3) is 5.65 Å². The van der Waals surface area contributed by atoms with E-state index >= 15 is 0 Å². The number of ketones is 1. The van der Waals surface area contributed by atoms with Gasteiger partial charge >= 0.3 is 15.5 Å². The molecule has 0 spiro atoms. The monoisotopic (exact) mass is 623 g/mol. The number of anilines is 1. The van der Waals surface area contributed by atoms with Crippen LogP contribution in [0.15, 0.2) is 40.0 Å². The number of fused-ring (bicyclic) bond motifs is 1. The Labute approximate surface area is 222 Å². The molecule has 8 nitrogen and oxygen atoms in total. The van der Waals surface area contributed by atoms with Crippen molar-refractivity contribution in [1.82, 2.24) is 13.7 Å². The number of aryl methyl sites for hydroxylation is 2. The Morgan fingerprint density at radius 1 is 1.22 bits per heavy atom. The van der Waals surface area contributed by atoms with Crippen molar-refractivity contribution in [2.45, 2.75) is 31.7 Å². The molecule has 1 aromatic carbocycles. The van der Waals surface area contributed by atoms with Gasteiger partial charge in [0.2, 0.25) is 0 Å². The van der Waals surface area contributed by atoms with Gasteiger partial charge in [0.25, 0.3) is 0 Å². The molecule has 0 radical (unpaired) electrons. The van der Waals surface area contributed by atoms with Crippen LogP contribution < -0.4 is 5.01 Å². The number of hydrogen-bond acceptors (Lipinski definition) is 6. The fraction of sp³-hybridized carbons (Fsp3) is 0.318. The number of halogens is 6. The van der Waals surface area contributed by atoms with Gasteiger partial charge in [0.1, 0.15) is 23.5 Å². The summed E-state index contributed by atoms with van der Waals surface area (Å²) in [6.07, 6.45) is 2.93. The number of Topliss-reactive ketones (excluding diaryl/α,β-unsaturated/α-hetero) is 1. The lowest BCUT2D eigenvalue weighted by molar-refractivity contribution is -0.0471. The summed E-state index contributed by atoms with van der Waals surface area (Å²) in [6.45, 7) is 1.04. The summed E-state index contributed by atoms with van der Waals surface area (Å²) in [4.78, 5) is 17.6. The Kier molecular flexibility index (Phi) is 7.55. The first-order valence-corrected chi connectivity index (χ1v) is 13.5. The number of benzene rings is 1. The van der Waals surface area contributed by atoms with Crippen molar-refractivity contribution in [3.8, 4) is 0 Å². The number of rotatable bonds is 7. The summed E-state index contributed by atoms with van der Waals surface area (Å²) in [5.74, 6) is -0.909. The van der Waals surface area contributed by atoms with Crippen LogP contribution in [-0.4, -0.2) is 52.8 Å². The van der Waals surface area contributed by atoms with Crippen molar-refractivity contribution in [2.24, 2.45) is 5.10 Å². The van der Waals surface area contributed by atoms with E-state index in [2.05, 4.69) is 26.0 Å². The minimum atomic E-state index is -5.56. The maximum absolute atomic E-state index is 14.8. The van der Waals surface area contributed by atoms with Crippen molar-refractivity contribution >= 4 is 61.0 Å². The number of sulfonamides is 1. The van der Waals surface area contributed by atoms with Gasteiger partial charge in [-0.25, -0.2) is 13.7 Å². The smallest absolute Gasteiger partial charge is 0.295 e. The predicted molar refractivity (Wildman–Crippen MR) is 134 cm³/mol. The van der Waals surface area contributed by atoms with Gasteiger partial charge in [-0.15, -0.1) is 0 Å². The fourth-order valence-electron chi connectivity index (χ4n) is 3.85. The highest BCUT2D eigenvalue weighted by molar-refractivity contribution is 9.10. The number of aromatic nitrogens is 2. The van der Waals surface area contributed by atoms with Gasteiger partial charge < -0.3 is 0 Å². The molecule has 0 amide bonds. The molecule has 0 saturated carbocycles. The predicted octanol–water partition coefficient (Wildman–Crippen LogP) is 5.18. The highest BCUT2D eigenvalue weighted by Gasteiger charge is 2.50. The van der Waals surface area contributed by atoms with Crippen molar-refractivity contribution in [2.75, 3.05) is 18.1 Å². The molecule has 0 fully saturated rings. The van der Waals surface area contributed by atoms with E-state index in [1.165, 1.54) is 12.1 Å². The van der Waals surface area contributed by atoms with Crippen LogP contribution in [0.3, 0.4) is 0 Å². The largest absolute Gasteiger partial charge is 0.516 e. The SMILES string of the molecule is CCc1nc2cc(Br)c(Cl)cn2c1C(=O)CCc1ccc(N2CCN(S(=O)(=O)C(F)(F)F)C=N2)c(F)c1. The van der Waals surface area contributed by atoms with Gasteiger partial charge in [0.05, 0.1) is 29.5 Å². The Morgan fingerprint density at radius 3 is 2.54 bits per heavy atom. The normalized spacial score (nSPS) is 14.6. The molecule has 3 aromatic rings. The van der Waals surface area contributed by atoms with Gasteiger partial charge in [0, 0.05) is 17.1 Å². The summed E-state index contributed by atoms with van der Waals surface area (Å²) in [6, 6.07) is 5.88. The molecule has 15 heteroatoms. The molecule has 198 valence electrons. The minimum Gasteiger partial charge on any atom is -0.295 e. The summed E-state index contributed by atoms with van der Waals surface area (Å²) in [5.41, 5.74) is -3.39. The van der Waals surface area contributed by atoms with E-state index in [1.54, 1.807) is 22.7 Å². The lowest BCUT2D eigenvalue weighted by Crippen LogP contribution is -2.46. The van der Waals surface area contributed by atoms with E-state index in [4.69, 9.17) is 11.6 Å². The number of alkyl halides is 3. The molecule has 37 heavy (non-hydrogen) atoms. The molecule has 0 aliphatic carbocycles. The van der Waals surface area contributed by atoms with Gasteiger partial charge in [-0.3, -0.25) is 14.2 Å². The number of carbonyl (C=O) groups is 1. The van der Waals surface area contributed by atoms with Gasteiger partial charge in [-0.2, -0.15) is 26.7 Å². The number of hydrazone groups is 1. The molecule has 3 heterocycles. The third-order valence-electron chi connectivity index (χ3n) is 5.72. The zero-order chi connectivity index (χ0) is 27.1. The molecule has 0 atom stereocenters. The van der Waals surface area contributed by atoms with E-state index in [9.17, 15) is 30.8 Å². The topological polar surface area (TPSA) is 87.4 Å². The zero-order valence-corrected chi connectivity index (χ0v) is 22.3. The molecule has 1 aliphatic rings. The average molecular weight is 625 g/mol. The van der Waals surface area contributed by atoms with E-state index in [1.807, 2.05) is 6.92 Å². The molecular weight excluding hydrogens is 606 g/mol. The Balaban J connectivity index is 1.48. The fourth-order valence-corrected chi connectivity index (χ4v) is 5.06. The van der Waals surface area contributed by atoms with Gasteiger partial charge in [-0.1, -0.05) is 24.6 Å². The molecule has 4 rings (SSSR count). The maximum atomic E-state index is 14.8. The standard InChI is InChI=1S/C22H19BrClF4N5O3S/c1-2-17-21(32-11-15(24)14(23)10-20(32)30-17)19(34)6-4-13-3-5-18(16(25)9-13)33-8-7-31(12-29-33)37(35,36)22(26,27)28/h3,5,9-12H,2,4,6-8H2,1H3. The second-order valence-corrected chi connectivity index (χ2v) is 11.2. The first-order valence-electron chi connectivity index (χ1n) is 10.9. The van der Waals surface area contributed by atoms with E-state index in [0.29, 0.717) is 44.9 Å². The number of hydrogen-bond donors (Lipinski definition) is 0. The van der Waals surface area contributed by atoms with Crippen molar-refractivity contribution in [3.63, 3.8) is 0 Å². The van der Waals surface area contributed by atoms with Crippen LogP contribution in [0, 0.1) is 5.82 Å². The molecule has 0 saturated heterocycles. The van der Waals surface area contributed by atoms with E-state index in [-0.39, 0.29) is 35.2 Å². The molecule has 0 N–H and O–H groups in total. The Hall–Kier alpha value is -2.71. The highest BCUT2D eigenvalue weighted by atomic mass is 79.9. The van der Waals surface area contributed by atoms with Gasteiger partial charge in [0.15, 0.2) is 5.78 Å². The molecule has 0 unspecified atom stereocenters. The summed E-state index contributed by atoms with van der Waals surface area (Å²) in [5, 5.41) is 5.14. The van der Waals surface area contributed by atoms with Gasteiger partial charge in [-0.05, 0) is 52.5 Å². The third-order valence-corrected chi connectivity index (χ3v) is 8.38. The summed E-state index contributed by atoms with van der Waals surface area (Å²) < 4.78 is 78.3. The van der Waals surface area contributed by atoms with Crippen LogP contribution in [0.2, 0.25) is 5.02 Å². The number of carbonyl (C=O) groups excluding carboxylic acids is 1. The summed E-state index contributed by atoms with van der Waals surface area (Å²) >= 11 is 9.53. The Morgan fingerprint density at radius 2 is 1.95 bits per heavy atom. The lowest BCUT2D eigenvalue weighted by atomic mass is 10.0. The van der Waals surface area contributed by atoms with Crippen LogP contribution in [0.1, 0.15) is 35.1 Å².